The summed E-state index contributed by atoms with van der Waals surface area (Å²) in [4.78, 5) is 15.7. The second-order valence-corrected chi connectivity index (χ2v) is 3.86. The normalized spacial score (nSPS) is 14.4. The summed E-state index contributed by atoms with van der Waals surface area (Å²) in [7, 11) is 0. The van der Waals surface area contributed by atoms with Crippen LogP contribution in [0.15, 0.2) is 18.3 Å². The average molecular weight is 207 g/mol. The average Bonchev–Trinajstić information content (AvgIpc) is 2.20. The maximum atomic E-state index is 11.6. The van der Waals surface area contributed by atoms with Gasteiger partial charge in [-0.2, -0.15) is 0 Å². The number of aromatic nitrogens is 1. The lowest BCUT2D eigenvalue weighted by Crippen LogP contribution is -2.34. The number of hydrogen-bond acceptors (Lipinski definition) is 3. The molecular formula is C11H17N3O. The Morgan fingerprint density at radius 2 is 2.13 bits per heavy atom. The first-order valence-electron chi connectivity index (χ1n) is 5.00. The van der Waals surface area contributed by atoms with E-state index in [1.807, 2.05) is 19.9 Å². The Kier molecular flexibility index (Phi) is 3.80. The van der Waals surface area contributed by atoms with Crippen LogP contribution in [0.1, 0.15) is 19.4 Å². The Labute approximate surface area is 89.9 Å². The van der Waals surface area contributed by atoms with Gasteiger partial charge in [0.05, 0.1) is 5.92 Å². The Bertz CT molecular complexity index is 332. The van der Waals surface area contributed by atoms with Crippen molar-refractivity contribution in [1.82, 2.24) is 4.98 Å². The predicted octanol–water partition coefficient (Wildman–Crippen LogP) is 1.31. The third-order valence-corrected chi connectivity index (χ3v) is 2.36. The molecule has 1 aromatic heterocycles. The Morgan fingerprint density at radius 1 is 1.47 bits per heavy atom. The minimum atomic E-state index is -0.215. The van der Waals surface area contributed by atoms with Gasteiger partial charge in [0.1, 0.15) is 5.82 Å². The van der Waals surface area contributed by atoms with Crippen molar-refractivity contribution in [1.29, 1.82) is 0 Å². The molecule has 0 aliphatic rings. The van der Waals surface area contributed by atoms with Crippen molar-refractivity contribution < 1.29 is 4.79 Å². The fraction of sp³-hybridized carbons (Fsp3) is 0.455. The Hall–Kier alpha value is -1.42. The molecule has 1 heterocycles. The van der Waals surface area contributed by atoms with Crippen molar-refractivity contribution in [2.75, 3.05) is 5.32 Å². The van der Waals surface area contributed by atoms with Crippen LogP contribution in [-0.4, -0.2) is 16.9 Å². The van der Waals surface area contributed by atoms with E-state index in [-0.39, 0.29) is 17.9 Å². The monoisotopic (exact) mass is 207 g/mol. The summed E-state index contributed by atoms with van der Waals surface area (Å²) in [5.74, 6) is 0.257. The topological polar surface area (TPSA) is 68.0 Å². The van der Waals surface area contributed by atoms with Crippen LogP contribution in [0, 0.1) is 12.8 Å². The number of hydrogen-bond donors (Lipinski definition) is 2. The molecule has 1 amide bonds. The van der Waals surface area contributed by atoms with Gasteiger partial charge in [0.15, 0.2) is 0 Å². The van der Waals surface area contributed by atoms with Crippen LogP contribution in [0.2, 0.25) is 0 Å². The van der Waals surface area contributed by atoms with Crippen molar-refractivity contribution in [3.8, 4) is 0 Å². The lowest BCUT2D eigenvalue weighted by atomic mass is 10.0. The van der Waals surface area contributed by atoms with Crippen LogP contribution in [0.5, 0.6) is 0 Å². The van der Waals surface area contributed by atoms with Gasteiger partial charge >= 0.3 is 0 Å². The van der Waals surface area contributed by atoms with E-state index in [0.717, 1.165) is 5.56 Å². The van der Waals surface area contributed by atoms with E-state index in [4.69, 9.17) is 5.73 Å². The van der Waals surface area contributed by atoms with Crippen molar-refractivity contribution in [2.45, 2.75) is 26.8 Å². The fourth-order valence-corrected chi connectivity index (χ4v) is 1.02. The third-order valence-electron chi connectivity index (χ3n) is 2.36. The first-order chi connectivity index (χ1) is 7.00. The van der Waals surface area contributed by atoms with Crippen LogP contribution < -0.4 is 11.1 Å². The standard InChI is InChI=1S/C11H17N3O/c1-7-4-5-10(13-6-7)14-11(15)8(2)9(3)12/h4-6,8-9H,12H2,1-3H3,(H,13,14,15). The largest absolute Gasteiger partial charge is 0.327 e. The van der Waals surface area contributed by atoms with E-state index in [9.17, 15) is 4.79 Å². The highest BCUT2D eigenvalue weighted by Gasteiger charge is 2.17. The maximum Gasteiger partial charge on any atom is 0.229 e. The van der Waals surface area contributed by atoms with Gasteiger partial charge in [-0.1, -0.05) is 13.0 Å². The second-order valence-electron chi connectivity index (χ2n) is 3.86. The van der Waals surface area contributed by atoms with E-state index in [1.165, 1.54) is 0 Å². The molecule has 0 saturated carbocycles. The van der Waals surface area contributed by atoms with E-state index >= 15 is 0 Å². The smallest absolute Gasteiger partial charge is 0.229 e. The zero-order valence-electron chi connectivity index (χ0n) is 9.32. The maximum absolute atomic E-state index is 11.6. The van der Waals surface area contributed by atoms with Crippen molar-refractivity contribution in [2.24, 2.45) is 11.7 Å². The van der Waals surface area contributed by atoms with Crippen molar-refractivity contribution in [3.05, 3.63) is 23.9 Å². The summed E-state index contributed by atoms with van der Waals surface area (Å²) < 4.78 is 0. The molecule has 0 aliphatic carbocycles. The van der Waals surface area contributed by atoms with E-state index in [1.54, 1.807) is 19.2 Å². The molecule has 0 aliphatic heterocycles. The van der Waals surface area contributed by atoms with Crippen LogP contribution in [0.25, 0.3) is 0 Å². The van der Waals surface area contributed by atoms with Gasteiger partial charge in [0.25, 0.3) is 0 Å². The van der Waals surface area contributed by atoms with Gasteiger partial charge in [0, 0.05) is 12.2 Å². The summed E-state index contributed by atoms with van der Waals surface area (Å²) in [6, 6.07) is 3.52. The minimum absolute atomic E-state index is 0.0960. The summed E-state index contributed by atoms with van der Waals surface area (Å²) in [5.41, 5.74) is 6.70. The molecule has 0 radical (unpaired) electrons. The number of rotatable bonds is 3. The Balaban J connectivity index is 2.62. The first kappa shape index (κ1) is 11.7. The van der Waals surface area contributed by atoms with Gasteiger partial charge in [-0.15, -0.1) is 0 Å². The van der Waals surface area contributed by atoms with E-state index in [2.05, 4.69) is 10.3 Å². The lowest BCUT2D eigenvalue weighted by molar-refractivity contribution is -0.119. The number of carbonyl (C=O) groups is 1. The number of carbonyl (C=O) groups excluding carboxylic acids is 1. The van der Waals surface area contributed by atoms with Crippen LogP contribution in [0.4, 0.5) is 5.82 Å². The predicted molar refractivity (Wildman–Crippen MR) is 60.4 cm³/mol. The van der Waals surface area contributed by atoms with Crippen LogP contribution in [0.3, 0.4) is 0 Å². The molecule has 3 N–H and O–H groups in total. The molecule has 0 aromatic carbocycles. The molecule has 0 saturated heterocycles. The molecule has 2 unspecified atom stereocenters. The SMILES string of the molecule is Cc1ccc(NC(=O)C(C)C(C)N)nc1. The van der Waals surface area contributed by atoms with Gasteiger partial charge in [-0.3, -0.25) is 4.79 Å². The molecular weight excluding hydrogens is 190 g/mol. The van der Waals surface area contributed by atoms with Gasteiger partial charge < -0.3 is 11.1 Å². The number of amides is 1. The molecule has 4 nitrogen and oxygen atoms in total. The number of nitrogens with two attached hydrogens (primary N) is 1. The lowest BCUT2D eigenvalue weighted by Gasteiger charge is -2.14. The first-order valence-corrected chi connectivity index (χ1v) is 5.00. The summed E-state index contributed by atoms with van der Waals surface area (Å²) in [6.45, 7) is 5.56. The molecule has 1 rings (SSSR count). The number of anilines is 1. The van der Waals surface area contributed by atoms with E-state index < -0.39 is 0 Å². The van der Waals surface area contributed by atoms with Crippen molar-refractivity contribution in [3.63, 3.8) is 0 Å². The second kappa shape index (κ2) is 4.89. The summed E-state index contributed by atoms with van der Waals surface area (Å²) >= 11 is 0. The van der Waals surface area contributed by atoms with Gasteiger partial charge in [-0.25, -0.2) is 4.98 Å². The van der Waals surface area contributed by atoms with Gasteiger partial charge in [-0.05, 0) is 25.5 Å². The highest BCUT2D eigenvalue weighted by Crippen LogP contribution is 2.07. The fourth-order valence-electron chi connectivity index (χ4n) is 1.02. The number of aryl methyl sites for hydroxylation is 1. The zero-order chi connectivity index (χ0) is 11.4. The quantitative estimate of drug-likeness (QED) is 0.785. The zero-order valence-corrected chi connectivity index (χ0v) is 9.32. The van der Waals surface area contributed by atoms with E-state index in [0.29, 0.717) is 5.82 Å². The third kappa shape index (κ3) is 3.32. The highest BCUT2D eigenvalue weighted by molar-refractivity contribution is 5.91. The number of nitrogens with zero attached hydrogens (tertiary/aromatic N) is 1. The molecule has 0 spiro atoms. The summed E-state index contributed by atoms with van der Waals surface area (Å²) in [6.07, 6.45) is 1.71. The molecule has 4 heteroatoms. The number of nitrogens with one attached hydrogen (secondary N) is 1. The van der Waals surface area contributed by atoms with Crippen LogP contribution >= 0.6 is 0 Å². The molecule has 0 fully saturated rings. The summed E-state index contributed by atoms with van der Waals surface area (Å²) in [5, 5.41) is 2.72. The molecule has 82 valence electrons. The molecule has 0 bridgehead atoms. The minimum Gasteiger partial charge on any atom is -0.327 e. The highest BCUT2D eigenvalue weighted by atomic mass is 16.1. The molecule has 15 heavy (non-hydrogen) atoms. The molecule has 2 atom stereocenters. The number of pyridine rings is 1. The van der Waals surface area contributed by atoms with Gasteiger partial charge in [0.2, 0.25) is 5.91 Å². The van der Waals surface area contributed by atoms with Crippen LogP contribution in [-0.2, 0) is 4.79 Å². The Morgan fingerprint density at radius 3 is 2.60 bits per heavy atom. The van der Waals surface area contributed by atoms with Crippen molar-refractivity contribution >= 4 is 11.7 Å². The molecule has 1 aromatic rings.